The molecule has 1 aromatic rings. The molecule has 0 saturated heterocycles. The number of rotatable bonds is 6. The average Bonchev–Trinajstić information content (AvgIpc) is 3.14. The Morgan fingerprint density at radius 1 is 1.38 bits per heavy atom. The van der Waals surface area contributed by atoms with E-state index in [0.29, 0.717) is 23.3 Å². The van der Waals surface area contributed by atoms with Gasteiger partial charge in [-0.1, -0.05) is 18.9 Å². The normalized spacial score (nSPS) is 17.1. The Hall–Kier alpha value is -1.12. The molecule has 1 aromatic heterocycles. The lowest BCUT2D eigenvalue weighted by molar-refractivity contribution is 0.580. The molecule has 2 rings (SSSR count). The summed E-state index contributed by atoms with van der Waals surface area (Å²) in [6.07, 6.45) is 4.86. The van der Waals surface area contributed by atoms with Crippen LogP contribution >= 0.6 is 11.3 Å². The molecule has 0 aliphatic heterocycles. The molecule has 0 atom stereocenters. The highest BCUT2D eigenvalue weighted by Gasteiger charge is 2.16. The molecule has 1 heterocycles. The van der Waals surface area contributed by atoms with Crippen molar-refractivity contribution >= 4 is 27.3 Å². The lowest BCUT2D eigenvalue weighted by Gasteiger charge is -2.16. The molecule has 1 saturated carbocycles. The van der Waals surface area contributed by atoms with Gasteiger partial charge in [-0.15, -0.1) is 11.3 Å². The summed E-state index contributed by atoms with van der Waals surface area (Å²) in [5.74, 6) is 0.734. The van der Waals surface area contributed by atoms with E-state index in [-0.39, 0.29) is 0 Å². The van der Waals surface area contributed by atoms with E-state index in [2.05, 4.69) is 20.3 Å². The summed E-state index contributed by atoms with van der Waals surface area (Å²) in [6.45, 7) is 0.822. The van der Waals surface area contributed by atoms with E-state index in [0.717, 1.165) is 5.96 Å². The molecule has 1 aliphatic carbocycles. The predicted octanol–water partition coefficient (Wildman–Crippen LogP) is 1.13. The lowest BCUT2D eigenvalue weighted by atomic mass is 10.2. The number of sulfonamides is 1. The van der Waals surface area contributed by atoms with Crippen LogP contribution in [-0.2, 0) is 10.0 Å². The van der Waals surface area contributed by atoms with Crippen molar-refractivity contribution in [1.82, 2.24) is 15.4 Å². The molecule has 0 aromatic carbocycles. The standard InChI is InChI=1S/C13H22N4O2S2/c1-14-13(17-11-5-2-3-6-11)15-8-9-16-21(18,19)12-7-4-10-20-12/h4,7,10-11,16H,2-3,5-6,8-9H2,1H3,(H2,14,15,17). The van der Waals surface area contributed by atoms with Gasteiger partial charge in [0.15, 0.2) is 5.96 Å². The summed E-state index contributed by atoms with van der Waals surface area (Å²) in [5.41, 5.74) is 0. The summed E-state index contributed by atoms with van der Waals surface area (Å²) >= 11 is 1.21. The molecule has 8 heteroatoms. The first-order valence-corrected chi connectivity index (χ1v) is 9.48. The largest absolute Gasteiger partial charge is 0.355 e. The van der Waals surface area contributed by atoms with Crippen molar-refractivity contribution in [3.63, 3.8) is 0 Å². The van der Waals surface area contributed by atoms with E-state index in [1.807, 2.05) is 0 Å². The summed E-state index contributed by atoms with van der Waals surface area (Å²) in [4.78, 5) is 4.15. The maximum Gasteiger partial charge on any atom is 0.250 e. The van der Waals surface area contributed by atoms with Gasteiger partial charge in [-0.2, -0.15) is 0 Å². The van der Waals surface area contributed by atoms with Crippen LogP contribution in [0.5, 0.6) is 0 Å². The van der Waals surface area contributed by atoms with E-state index in [1.165, 1.54) is 37.0 Å². The zero-order valence-corrected chi connectivity index (χ0v) is 13.8. The third kappa shape index (κ3) is 4.98. The van der Waals surface area contributed by atoms with Crippen LogP contribution in [-0.4, -0.2) is 40.6 Å². The fourth-order valence-electron chi connectivity index (χ4n) is 2.31. The number of thiophene rings is 1. The van der Waals surface area contributed by atoms with E-state index in [1.54, 1.807) is 24.6 Å². The smallest absolute Gasteiger partial charge is 0.250 e. The Bertz CT molecular complexity index is 549. The fraction of sp³-hybridized carbons (Fsp3) is 0.615. The van der Waals surface area contributed by atoms with Crippen LogP contribution in [0.2, 0.25) is 0 Å². The monoisotopic (exact) mass is 330 g/mol. The van der Waals surface area contributed by atoms with Crippen molar-refractivity contribution in [3.8, 4) is 0 Å². The Morgan fingerprint density at radius 3 is 2.76 bits per heavy atom. The van der Waals surface area contributed by atoms with Gasteiger partial charge in [-0.3, -0.25) is 4.99 Å². The zero-order chi connectivity index (χ0) is 15.1. The van der Waals surface area contributed by atoms with E-state index in [4.69, 9.17) is 0 Å². The minimum absolute atomic E-state index is 0.325. The highest BCUT2D eigenvalue weighted by Crippen LogP contribution is 2.17. The van der Waals surface area contributed by atoms with Crippen LogP contribution in [0.4, 0.5) is 0 Å². The summed E-state index contributed by atoms with van der Waals surface area (Å²) in [6, 6.07) is 3.81. The van der Waals surface area contributed by atoms with Gasteiger partial charge in [0.1, 0.15) is 4.21 Å². The topological polar surface area (TPSA) is 82.6 Å². The van der Waals surface area contributed by atoms with Crippen LogP contribution in [0.15, 0.2) is 26.7 Å². The number of nitrogens with zero attached hydrogens (tertiary/aromatic N) is 1. The molecule has 0 radical (unpaired) electrons. The first kappa shape index (κ1) is 16.3. The van der Waals surface area contributed by atoms with Crippen molar-refractivity contribution < 1.29 is 8.42 Å². The van der Waals surface area contributed by atoms with Crippen molar-refractivity contribution in [1.29, 1.82) is 0 Å². The Morgan fingerprint density at radius 2 is 2.14 bits per heavy atom. The van der Waals surface area contributed by atoms with E-state index < -0.39 is 10.0 Å². The minimum atomic E-state index is -3.38. The van der Waals surface area contributed by atoms with Crippen molar-refractivity contribution in [2.45, 2.75) is 35.9 Å². The van der Waals surface area contributed by atoms with Crippen LogP contribution in [0.25, 0.3) is 0 Å². The van der Waals surface area contributed by atoms with Gasteiger partial charge in [-0.05, 0) is 24.3 Å². The van der Waals surface area contributed by atoms with E-state index >= 15 is 0 Å². The molecule has 0 bridgehead atoms. The molecule has 118 valence electrons. The van der Waals surface area contributed by atoms with Gasteiger partial charge in [0.05, 0.1) is 0 Å². The van der Waals surface area contributed by atoms with Crippen LogP contribution in [0.1, 0.15) is 25.7 Å². The molecule has 1 aliphatic rings. The van der Waals surface area contributed by atoms with Gasteiger partial charge in [-0.25, -0.2) is 13.1 Å². The SMILES string of the molecule is CN=C(NCCNS(=O)(=O)c1cccs1)NC1CCCC1. The average molecular weight is 330 g/mol. The highest BCUT2D eigenvalue weighted by molar-refractivity contribution is 7.91. The maximum atomic E-state index is 11.9. The summed E-state index contributed by atoms with van der Waals surface area (Å²) < 4.78 is 26.7. The highest BCUT2D eigenvalue weighted by atomic mass is 32.2. The second-order valence-corrected chi connectivity index (χ2v) is 7.90. The number of hydrogen-bond donors (Lipinski definition) is 3. The molecular weight excluding hydrogens is 308 g/mol. The minimum Gasteiger partial charge on any atom is -0.355 e. The second kappa shape index (κ2) is 7.77. The van der Waals surface area contributed by atoms with Crippen molar-refractivity contribution in [3.05, 3.63) is 17.5 Å². The molecule has 1 fully saturated rings. The van der Waals surface area contributed by atoms with Crippen LogP contribution in [0, 0.1) is 0 Å². The molecule has 21 heavy (non-hydrogen) atoms. The van der Waals surface area contributed by atoms with Crippen molar-refractivity contribution in [2.75, 3.05) is 20.1 Å². The predicted molar refractivity (Wildman–Crippen MR) is 86.3 cm³/mol. The molecule has 0 spiro atoms. The number of guanidine groups is 1. The first-order valence-electron chi connectivity index (χ1n) is 7.12. The number of nitrogens with one attached hydrogen (secondary N) is 3. The Balaban J connectivity index is 1.71. The molecular formula is C13H22N4O2S2. The van der Waals surface area contributed by atoms with Crippen LogP contribution < -0.4 is 15.4 Å². The maximum absolute atomic E-state index is 11.9. The van der Waals surface area contributed by atoms with Crippen molar-refractivity contribution in [2.24, 2.45) is 4.99 Å². The molecule has 6 nitrogen and oxygen atoms in total. The Labute approximate surface area is 130 Å². The second-order valence-electron chi connectivity index (χ2n) is 4.95. The number of aliphatic imine (C=N–C) groups is 1. The van der Waals surface area contributed by atoms with Gasteiger partial charge < -0.3 is 10.6 Å². The molecule has 0 amide bonds. The number of hydrogen-bond acceptors (Lipinski definition) is 4. The third-order valence-electron chi connectivity index (χ3n) is 3.39. The fourth-order valence-corrected chi connectivity index (χ4v) is 4.38. The summed E-state index contributed by atoms with van der Waals surface area (Å²) in [5, 5.41) is 8.23. The van der Waals surface area contributed by atoms with Gasteiger partial charge in [0, 0.05) is 26.2 Å². The molecule has 3 N–H and O–H groups in total. The van der Waals surface area contributed by atoms with E-state index in [9.17, 15) is 8.42 Å². The third-order valence-corrected chi connectivity index (χ3v) is 6.25. The summed E-state index contributed by atoms with van der Waals surface area (Å²) in [7, 11) is -1.65. The van der Waals surface area contributed by atoms with Gasteiger partial charge in [0.2, 0.25) is 10.0 Å². The quantitative estimate of drug-likeness (QED) is 0.415. The van der Waals surface area contributed by atoms with Crippen LogP contribution in [0.3, 0.4) is 0 Å². The van der Waals surface area contributed by atoms with Gasteiger partial charge >= 0.3 is 0 Å². The van der Waals surface area contributed by atoms with Gasteiger partial charge in [0.25, 0.3) is 0 Å². The molecule has 0 unspecified atom stereocenters. The Kier molecular flexibility index (Phi) is 6.01. The first-order chi connectivity index (χ1) is 10.1. The lowest BCUT2D eigenvalue weighted by Crippen LogP contribution is -2.44. The zero-order valence-electron chi connectivity index (χ0n) is 12.1.